The number of carbonyl (C=O) groups excluding carboxylic acids is 1. The average molecular weight is 418 g/mol. The molecule has 2 heterocycles. The number of nitrogens with zero attached hydrogens (tertiary/aromatic N) is 1. The molecule has 1 saturated heterocycles. The van der Waals surface area contributed by atoms with E-state index in [0.29, 0.717) is 26.4 Å². The van der Waals surface area contributed by atoms with Gasteiger partial charge in [0.05, 0.1) is 32.1 Å². The molecule has 0 bridgehead atoms. The molecule has 4 rings (SSSR count). The average Bonchev–Trinajstić information content (AvgIpc) is 2.87. The number of anilines is 1. The summed E-state index contributed by atoms with van der Waals surface area (Å²) in [6, 6.07) is 13.6. The summed E-state index contributed by atoms with van der Waals surface area (Å²) in [5, 5.41) is 0. The molecule has 136 valence electrons. The summed E-state index contributed by atoms with van der Waals surface area (Å²) in [6.07, 6.45) is 0.789. The predicted molar refractivity (Wildman–Crippen MR) is 101 cm³/mol. The molecular weight excluding hydrogens is 398 g/mol. The Hall–Kier alpha value is -1.89. The summed E-state index contributed by atoms with van der Waals surface area (Å²) in [5.74, 6) is -0.661. The number of fused-ring (bicyclic) bond motifs is 2. The third-order valence-electron chi connectivity index (χ3n) is 4.61. The number of carbonyl (C=O) groups is 1. The molecule has 2 aliphatic heterocycles. The number of halogens is 1. The first kappa shape index (κ1) is 17.5. The smallest absolute Gasteiger partial charge is 0.292 e. The highest BCUT2D eigenvalue weighted by Crippen LogP contribution is 2.46. The van der Waals surface area contributed by atoms with Crippen LogP contribution in [0.4, 0.5) is 5.69 Å². The highest BCUT2D eigenvalue weighted by molar-refractivity contribution is 9.10. The third kappa shape index (κ3) is 2.92. The van der Waals surface area contributed by atoms with Gasteiger partial charge >= 0.3 is 0 Å². The fourth-order valence-corrected chi connectivity index (χ4v) is 3.78. The van der Waals surface area contributed by atoms with Gasteiger partial charge in [-0.3, -0.25) is 4.79 Å². The van der Waals surface area contributed by atoms with E-state index >= 15 is 0 Å². The van der Waals surface area contributed by atoms with Crippen molar-refractivity contribution in [2.45, 2.75) is 25.7 Å². The first-order chi connectivity index (χ1) is 12.6. The van der Waals surface area contributed by atoms with Crippen molar-refractivity contribution in [3.63, 3.8) is 0 Å². The van der Waals surface area contributed by atoms with Gasteiger partial charge < -0.3 is 19.1 Å². The minimum absolute atomic E-state index is 0.167. The molecule has 0 aliphatic carbocycles. The molecule has 1 fully saturated rings. The van der Waals surface area contributed by atoms with Crippen molar-refractivity contribution >= 4 is 27.5 Å². The Kier molecular flexibility index (Phi) is 4.73. The van der Waals surface area contributed by atoms with Crippen LogP contribution >= 0.6 is 15.9 Å². The largest absolute Gasteiger partial charge is 0.494 e. The van der Waals surface area contributed by atoms with Gasteiger partial charge in [-0.2, -0.15) is 0 Å². The van der Waals surface area contributed by atoms with Gasteiger partial charge in [-0.15, -0.1) is 0 Å². The number of rotatable bonds is 4. The van der Waals surface area contributed by atoms with Gasteiger partial charge in [-0.1, -0.05) is 28.1 Å². The van der Waals surface area contributed by atoms with Crippen LogP contribution in [0, 0.1) is 0 Å². The van der Waals surface area contributed by atoms with Gasteiger partial charge in [0, 0.05) is 10.0 Å². The van der Waals surface area contributed by atoms with Crippen LogP contribution in [0.5, 0.6) is 5.75 Å². The highest BCUT2D eigenvalue weighted by atomic mass is 79.9. The van der Waals surface area contributed by atoms with E-state index < -0.39 is 5.79 Å². The van der Waals surface area contributed by atoms with Crippen LogP contribution in [0.15, 0.2) is 46.9 Å². The molecule has 0 radical (unpaired) electrons. The molecule has 0 unspecified atom stereocenters. The van der Waals surface area contributed by atoms with E-state index in [1.165, 1.54) is 0 Å². The van der Waals surface area contributed by atoms with Crippen LogP contribution in [-0.2, 0) is 26.6 Å². The van der Waals surface area contributed by atoms with Gasteiger partial charge in [0.1, 0.15) is 5.75 Å². The second kappa shape index (κ2) is 7.02. The van der Waals surface area contributed by atoms with Crippen molar-refractivity contribution in [1.82, 2.24) is 0 Å². The lowest BCUT2D eigenvalue weighted by Gasteiger charge is -2.32. The Bertz CT molecular complexity index is 815. The maximum Gasteiger partial charge on any atom is 0.292 e. The quantitative estimate of drug-likeness (QED) is 0.754. The zero-order chi connectivity index (χ0) is 18.1. The molecule has 0 N–H and O–H groups in total. The van der Waals surface area contributed by atoms with Crippen molar-refractivity contribution in [3.05, 3.63) is 58.1 Å². The molecule has 26 heavy (non-hydrogen) atoms. The van der Waals surface area contributed by atoms with Crippen LogP contribution in [0.3, 0.4) is 0 Å². The molecule has 2 aromatic carbocycles. The molecule has 0 saturated carbocycles. The second-order valence-electron chi connectivity index (χ2n) is 6.30. The third-order valence-corrected chi connectivity index (χ3v) is 5.10. The molecule has 6 heteroatoms. The SMILES string of the molecule is CCOc1ccc(CN2C(=O)C3(OCCCO3)c3cc(Br)ccc32)cc1. The van der Waals surface area contributed by atoms with E-state index in [2.05, 4.69) is 15.9 Å². The molecule has 2 aromatic rings. The lowest BCUT2D eigenvalue weighted by Crippen LogP contribution is -2.47. The number of hydrogen-bond acceptors (Lipinski definition) is 4. The van der Waals surface area contributed by atoms with Gasteiger partial charge in [0.15, 0.2) is 0 Å². The molecule has 2 aliphatic rings. The zero-order valence-corrected chi connectivity index (χ0v) is 16.1. The fourth-order valence-electron chi connectivity index (χ4n) is 3.42. The molecule has 1 spiro atoms. The highest BCUT2D eigenvalue weighted by Gasteiger charge is 2.54. The predicted octanol–water partition coefficient (Wildman–Crippen LogP) is 3.98. The lowest BCUT2D eigenvalue weighted by atomic mass is 10.1. The van der Waals surface area contributed by atoms with Crippen LogP contribution in [0.25, 0.3) is 0 Å². The Morgan fingerprint density at radius 1 is 1.15 bits per heavy atom. The standard InChI is InChI=1S/C20H20BrNO4/c1-2-24-16-7-4-14(5-8-16)13-22-18-9-6-15(21)12-17(18)20(19(22)23)25-10-3-11-26-20/h4-9,12H,2-3,10-11,13H2,1H3. The Morgan fingerprint density at radius 2 is 1.88 bits per heavy atom. The first-order valence-electron chi connectivity index (χ1n) is 8.76. The number of ether oxygens (including phenoxy) is 3. The van der Waals surface area contributed by atoms with Gasteiger partial charge in [0.25, 0.3) is 11.7 Å². The monoisotopic (exact) mass is 417 g/mol. The van der Waals surface area contributed by atoms with Crippen LogP contribution in [0.2, 0.25) is 0 Å². The zero-order valence-electron chi connectivity index (χ0n) is 14.5. The summed E-state index contributed by atoms with van der Waals surface area (Å²) >= 11 is 3.49. The molecule has 5 nitrogen and oxygen atoms in total. The van der Waals surface area contributed by atoms with E-state index in [-0.39, 0.29) is 5.91 Å². The maximum absolute atomic E-state index is 13.3. The molecule has 1 amide bonds. The Balaban J connectivity index is 1.67. The van der Waals surface area contributed by atoms with Gasteiger partial charge in [-0.05, 0) is 49.2 Å². The normalized spacial score (nSPS) is 18.2. The maximum atomic E-state index is 13.3. The van der Waals surface area contributed by atoms with E-state index in [1.807, 2.05) is 49.4 Å². The van der Waals surface area contributed by atoms with Gasteiger partial charge in [0.2, 0.25) is 0 Å². The van der Waals surface area contributed by atoms with Crippen molar-refractivity contribution < 1.29 is 19.0 Å². The molecule has 0 aromatic heterocycles. The van der Waals surface area contributed by atoms with E-state index in [9.17, 15) is 4.79 Å². The van der Waals surface area contributed by atoms with Crippen molar-refractivity contribution in [3.8, 4) is 5.75 Å². The van der Waals surface area contributed by atoms with Crippen LogP contribution in [0.1, 0.15) is 24.5 Å². The summed E-state index contributed by atoms with van der Waals surface area (Å²) < 4.78 is 18.1. The van der Waals surface area contributed by atoms with Crippen molar-refractivity contribution in [2.24, 2.45) is 0 Å². The number of benzene rings is 2. The Labute approximate surface area is 161 Å². The first-order valence-corrected chi connectivity index (χ1v) is 9.55. The molecular formula is C20H20BrNO4. The summed E-state index contributed by atoms with van der Waals surface area (Å²) in [4.78, 5) is 15.0. The lowest BCUT2D eigenvalue weighted by molar-refractivity contribution is -0.256. The summed E-state index contributed by atoms with van der Waals surface area (Å²) in [7, 11) is 0. The molecule has 0 atom stereocenters. The van der Waals surface area contributed by atoms with E-state index in [0.717, 1.165) is 33.5 Å². The topological polar surface area (TPSA) is 48.0 Å². The van der Waals surface area contributed by atoms with Crippen LogP contribution < -0.4 is 9.64 Å². The fraction of sp³-hybridized carbons (Fsp3) is 0.350. The second-order valence-corrected chi connectivity index (χ2v) is 7.21. The summed E-state index contributed by atoms with van der Waals surface area (Å²) in [5.41, 5.74) is 2.61. The summed E-state index contributed by atoms with van der Waals surface area (Å²) in [6.45, 7) is 4.05. The number of amides is 1. The van der Waals surface area contributed by atoms with E-state index in [1.54, 1.807) is 4.90 Å². The van der Waals surface area contributed by atoms with Crippen molar-refractivity contribution in [2.75, 3.05) is 24.7 Å². The minimum Gasteiger partial charge on any atom is -0.494 e. The van der Waals surface area contributed by atoms with E-state index in [4.69, 9.17) is 14.2 Å². The minimum atomic E-state index is -1.32. The van der Waals surface area contributed by atoms with Crippen LogP contribution in [-0.4, -0.2) is 25.7 Å². The van der Waals surface area contributed by atoms with Crippen molar-refractivity contribution in [1.29, 1.82) is 0 Å². The Morgan fingerprint density at radius 3 is 2.58 bits per heavy atom. The van der Waals surface area contributed by atoms with Gasteiger partial charge in [-0.25, -0.2) is 0 Å². The number of hydrogen-bond donors (Lipinski definition) is 0.